The van der Waals surface area contributed by atoms with E-state index in [1.54, 1.807) is 12.1 Å². The van der Waals surface area contributed by atoms with Gasteiger partial charge in [0.05, 0.1) is 0 Å². The van der Waals surface area contributed by atoms with Gasteiger partial charge in [0.25, 0.3) is 0 Å². The molecule has 0 radical (unpaired) electrons. The number of anilines is 2. The van der Waals surface area contributed by atoms with E-state index >= 15 is 0 Å². The van der Waals surface area contributed by atoms with Gasteiger partial charge in [0, 0.05) is 53.2 Å². The molecule has 0 saturated carbocycles. The summed E-state index contributed by atoms with van der Waals surface area (Å²) < 4.78 is 0. The van der Waals surface area contributed by atoms with Crippen molar-refractivity contribution < 1.29 is 9.59 Å². The maximum absolute atomic E-state index is 14.3. The number of hydrogen-bond donors (Lipinski definition) is 2. The maximum Gasteiger partial charge on any atom is 0.196 e. The van der Waals surface area contributed by atoms with Crippen LogP contribution in [0.15, 0.2) is 92.4 Å². The largest absolute Gasteiger partial charge is 0.398 e. The van der Waals surface area contributed by atoms with E-state index in [1.165, 1.54) is 86.0 Å². The molecule has 0 amide bonds. The van der Waals surface area contributed by atoms with Gasteiger partial charge in [-0.1, -0.05) is 125 Å². The van der Waals surface area contributed by atoms with Gasteiger partial charge >= 0.3 is 0 Å². The minimum absolute atomic E-state index is 0.132. The third-order valence-electron chi connectivity index (χ3n) is 8.72. The molecule has 46 heavy (non-hydrogen) atoms. The van der Waals surface area contributed by atoms with Crippen molar-refractivity contribution in [3.63, 3.8) is 0 Å². The molecular formula is C40H46N2O2S2. The SMILES string of the molecule is CCCCCCCc1ccc(Sc2cccc3c2C(=O)c2c(Sc4ccc(CCCCCCC)cc4N)cccc2C3=O)c(N)c1. The number of aryl methyl sites for hydroxylation is 2. The van der Waals surface area contributed by atoms with Gasteiger partial charge in [0.1, 0.15) is 0 Å². The number of carbonyl (C=O) groups is 2. The Morgan fingerprint density at radius 3 is 1.35 bits per heavy atom. The second-order valence-corrected chi connectivity index (χ2v) is 14.5. The monoisotopic (exact) mass is 650 g/mol. The lowest BCUT2D eigenvalue weighted by Gasteiger charge is -2.22. The third-order valence-corrected chi connectivity index (χ3v) is 11.0. The van der Waals surface area contributed by atoms with Crippen molar-refractivity contribution in [3.8, 4) is 0 Å². The lowest BCUT2D eigenvalue weighted by molar-refractivity contribution is 0.0974. The van der Waals surface area contributed by atoms with Crippen molar-refractivity contribution in [1.82, 2.24) is 0 Å². The molecule has 5 rings (SSSR count). The molecule has 0 spiro atoms. The number of fused-ring (bicyclic) bond motifs is 2. The van der Waals surface area contributed by atoms with Crippen LogP contribution in [-0.2, 0) is 12.8 Å². The highest BCUT2D eigenvalue weighted by molar-refractivity contribution is 8.00. The smallest absolute Gasteiger partial charge is 0.196 e. The third kappa shape index (κ3) is 8.08. The van der Waals surface area contributed by atoms with E-state index in [0.717, 1.165) is 45.3 Å². The lowest BCUT2D eigenvalue weighted by Crippen LogP contribution is -2.22. The minimum atomic E-state index is -0.139. The molecule has 4 N–H and O–H groups in total. The number of nitrogen functional groups attached to an aromatic ring is 2. The van der Waals surface area contributed by atoms with Gasteiger partial charge in [0.15, 0.2) is 11.6 Å². The average molecular weight is 651 g/mol. The molecule has 0 atom stereocenters. The zero-order chi connectivity index (χ0) is 32.5. The summed E-state index contributed by atoms with van der Waals surface area (Å²) in [5, 5.41) is 0. The molecule has 0 bridgehead atoms. The molecule has 1 aliphatic rings. The van der Waals surface area contributed by atoms with Crippen LogP contribution in [0, 0.1) is 0 Å². The van der Waals surface area contributed by atoms with Gasteiger partial charge in [-0.25, -0.2) is 0 Å². The van der Waals surface area contributed by atoms with Crippen LogP contribution in [0.25, 0.3) is 0 Å². The van der Waals surface area contributed by atoms with Crippen molar-refractivity contribution in [2.24, 2.45) is 0 Å². The summed E-state index contributed by atoms with van der Waals surface area (Å²) in [4.78, 5) is 31.3. The van der Waals surface area contributed by atoms with E-state index in [0.29, 0.717) is 33.6 Å². The highest BCUT2D eigenvalue weighted by atomic mass is 32.2. The van der Waals surface area contributed by atoms with Gasteiger partial charge < -0.3 is 11.5 Å². The minimum Gasteiger partial charge on any atom is -0.398 e. The number of unbranched alkanes of at least 4 members (excludes halogenated alkanes) is 8. The zero-order valence-electron chi connectivity index (χ0n) is 27.2. The summed E-state index contributed by atoms with van der Waals surface area (Å²) in [6.45, 7) is 4.46. The van der Waals surface area contributed by atoms with Crippen LogP contribution in [0.5, 0.6) is 0 Å². The molecule has 6 heteroatoms. The fourth-order valence-electron chi connectivity index (χ4n) is 6.14. The Morgan fingerprint density at radius 1 is 0.500 bits per heavy atom. The Hall–Kier alpha value is -3.48. The van der Waals surface area contributed by atoms with E-state index in [-0.39, 0.29) is 11.6 Å². The summed E-state index contributed by atoms with van der Waals surface area (Å²) in [5.74, 6) is -0.271. The molecule has 4 aromatic carbocycles. The van der Waals surface area contributed by atoms with Gasteiger partial charge in [-0.2, -0.15) is 0 Å². The molecule has 0 unspecified atom stereocenters. The highest BCUT2D eigenvalue weighted by Crippen LogP contribution is 2.43. The van der Waals surface area contributed by atoms with Crippen LogP contribution >= 0.6 is 23.5 Å². The molecule has 0 heterocycles. The first kappa shape index (κ1) is 33.9. The van der Waals surface area contributed by atoms with Crippen molar-refractivity contribution >= 4 is 46.5 Å². The zero-order valence-corrected chi connectivity index (χ0v) is 28.8. The first-order valence-electron chi connectivity index (χ1n) is 16.9. The Kier molecular flexibility index (Phi) is 12.1. The predicted molar refractivity (Wildman–Crippen MR) is 195 cm³/mol. The second kappa shape index (κ2) is 16.4. The van der Waals surface area contributed by atoms with Crippen LogP contribution in [0.3, 0.4) is 0 Å². The van der Waals surface area contributed by atoms with Crippen molar-refractivity contribution in [2.75, 3.05) is 11.5 Å². The standard InChI is InChI=1S/C40H46N2O2S2/c1-3-5-7-9-11-15-27-21-23-33(31(41)25-27)45-35-19-13-17-29-37(35)40(44)38-30(39(29)43)18-14-20-36(38)46-34-24-22-28(26-32(34)42)16-12-10-8-6-4-2/h13-14,17-26H,3-12,15-16,41-42H2,1-2H3. The quantitative estimate of drug-likeness (QED) is 0.0816. The maximum atomic E-state index is 14.3. The molecular weight excluding hydrogens is 605 g/mol. The fraction of sp³-hybridized carbons (Fsp3) is 0.350. The van der Waals surface area contributed by atoms with Crippen LogP contribution in [-0.4, -0.2) is 11.6 Å². The van der Waals surface area contributed by atoms with E-state index in [4.69, 9.17) is 11.5 Å². The van der Waals surface area contributed by atoms with Crippen LogP contribution in [0.2, 0.25) is 0 Å². The fourth-order valence-corrected chi connectivity index (χ4v) is 8.15. The first-order valence-corrected chi connectivity index (χ1v) is 18.5. The summed E-state index contributed by atoms with van der Waals surface area (Å²) in [6, 6.07) is 23.5. The second-order valence-electron chi connectivity index (χ2n) is 12.3. The van der Waals surface area contributed by atoms with Crippen LogP contribution in [0.4, 0.5) is 11.4 Å². The Bertz CT molecular complexity index is 1580. The van der Waals surface area contributed by atoms with Gasteiger partial charge in [-0.3, -0.25) is 9.59 Å². The summed E-state index contributed by atoms with van der Waals surface area (Å²) in [7, 11) is 0. The van der Waals surface area contributed by atoms with Crippen molar-refractivity contribution in [2.45, 2.75) is 110 Å². The van der Waals surface area contributed by atoms with E-state index < -0.39 is 0 Å². The normalized spacial score (nSPS) is 12.3. The number of benzene rings is 4. The molecule has 0 saturated heterocycles. The molecule has 240 valence electrons. The molecule has 4 nitrogen and oxygen atoms in total. The highest BCUT2D eigenvalue weighted by Gasteiger charge is 2.34. The molecule has 0 fully saturated rings. The number of ketones is 2. The Labute approximate surface area is 283 Å². The number of nitrogens with two attached hydrogens (primary N) is 2. The molecule has 1 aliphatic carbocycles. The summed E-state index contributed by atoms with van der Waals surface area (Å²) in [6.07, 6.45) is 14.4. The van der Waals surface area contributed by atoms with Gasteiger partial charge in [0.2, 0.25) is 0 Å². The van der Waals surface area contributed by atoms with Crippen LogP contribution < -0.4 is 11.5 Å². The Morgan fingerprint density at radius 2 is 0.935 bits per heavy atom. The topological polar surface area (TPSA) is 86.2 Å². The Balaban J connectivity index is 1.36. The van der Waals surface area contributed by atoms with Crippen molar-refractivity contribution in [1.29, 1.82) is 0 Å². The molecule has 0 aliphatic heterocycles. The number of hydrogen-bond acceptors (Lipinski definition) is 6. The average Bonchev–Trinajstić information content (AvgIpc) is 3.05. The predicted octanol–water partition coefficient (Wildman–Crippen LogP) is 11.0. The number of carbonyl (C=O) groups excluding carboxylic acids is 2. The van der Waals surface area contributed by atoms with Crippen LogP contribution in [0.1, 0.15) is 121 Å². The molecule has 4 aromatic rings. The van der Waals surface area contributed by atoms with E-state index in [9.17, 15) is 9.59 Å². The van der Waals surface area contributed by atoms with Crippen molar-refractivity contribution in [3.05, 3.63) is 106 Å². The summed E-state index contributed by atoms with van der Waals surface area (Å²) >= 11 is 2.91. The van der Waals surface area contributed by atoms with E-state index in [2.05, 4.69) is 38.1 Å². The number of rotatable bonds is 16. The van der Waals surface area contributed by atoms with E-state index in [1.807, 2.05) is 36.4 Å². The molecule has 0 aromatic heterocycles. The first-order chi connectivity index (χ1) is 22.4. The summed E-state index contributed by atoms with van der Waals surface area (Å²) in [5.41, 5.74) is 18.7. The van der Waals surface area contributed by atoms with Gasteiger partial charge in [-0.05, 0) is 73.2 Å². The lowest BCUT2D eigenvalue weighted by atomic mass is 9.84. The van der Waals surface area contributed by atoms with Gasteiger partial charge in [-0.15, -0.1) is 0 Å².